The molecule has 2 aliphatic heterocycles. The number of likely N-dealkylation sites (tertiary alicyclic amines) is 1. The number of urea groups is 2. The molecule has 40 heavy (non-hydrogen) atoms. The van der Waals surface area contributed by atoms with E-state index in [0.29, 0.717) is 24.1 Å². The fourth-order valence-electron chi connectivity index (χ4n) is 5.41. The highest BCUT2D eigenvalue weighted by atomic mass is 16.2. The molecule has 1 aromatic heterocycles. The molecule has 1 unspecified atom stereocenters. The van der Waals surface area contributed by atoms with E-state index < -0.39 is 5.91 Å². The molecule has 2 aromatic rings. The molecule has 216 valence electrons. The van der Waals surface area contributed by atoms with Crippen molar-refractivity contribution in [2.45, 2.75) is 37.6 Å². The third kappa shape index (κ3) is 6.54. The van der Waals surface area contributed by atoms with Gasteiger partial charge in [-0.25, -0.2) is 19.6 Å². The third-order valence-corrected chi connectivity index (χ3v) is 7.74. The summed E-state index contributed by atoms with van der Waals surface area (Å²) in [5.74, 6) is 0.644. The van der Waals surface area contributed by atoms with Crippen molar-refractivity contribution >= 4 is 35.3 Å². The molecule has 0 bridgehead atoms. The van der Waals surface area contributed by atoms with Gasteiger partial charge >= 0.3 is 12.1 Å². The van der Waals surface area contributed by atoms with Gasteiger partial charge in [-0.15, -0.1) is 0 Å². The van der Waals surface area contributed by atoms with Crippen molar-refractivity contribution < 1.29 is 14.4 Å². The van der Waals surface area contributed by atoms with Crippen molar-refractivity contribution in [3.63, 3.8) is 0 Å². The quantitative estimate of drug-likeness (QED) is 0.564. The Morgan fingerprint density at radius 1 is 0.950 bits per heavy atom. The van der Waals surface area contributed by atoms with E-state index in [0.717, 1.165) is 51.0 Å². The number of anilines is 3. The number of piperidine rings is 2. The van der Waals surface area contributed by atoms with Gasteiger partial charge in [-0.05, 0) is 49.3 Å². The first-order valence-electron chi connectivity index (χ1n) is 13.7. The Kier molecular flexibility index (Phi) is 8.96. The SMILES string of the molecule is CN(C)C(=O)N1CCC(c2ccc(Nc3nc(N4CCCC(N(C)C(=O)N(C)C)C4)cnc3C(N)=O)cc2)CC1. The summed E-state index contributed by atoms with van der Waals surface area (Å²) >= 11 is 0. The first-order chi connectivity index (χ1) is 19.0. The Bertz CT molecular complexity index is 1210. The lowest BCUT2D eigenvalue weighted by Crippen LogP contribution is -2.51. The van der Waals surface area contributed by atoms with Crippen LogP contribution >= 0.6 is 0 Å². The molecular formula is C28H41N9O3. The molecule has 2 aliphatic rings. The number of hydrogen-bond donors (Lipinski definition) is 2. The Morgan fingerprint density at radius 3 is 2.23 bits per heavy atom. The van der Waals surface area contributed by atoms with Gasteiger partial charge in [0.25, 0.3) is 5.91 Å². The van der Waals surface area contributed by atoms with E-state index in [2.05, 4.69) is 27.3 Å². The lowest BCUT2D eigenvalue weighted by molar-refractivity contribution is 0.0996. The minimum absolute atomic E-state index is 0.0399. The maximum Gasteiger partial charge on any atom is 0.319 e. The fraction of sp³-hybridized carbons (Fsp3) is 0.536. The van der Waals surface area contributed by atoms with E-state index >= 15 is 0 Å². The highest BCUT2D eigenvalue weighted by Gasteiger charge is 2.29. The second-order valence-electron chi connectivity index (χ2n) is 11.0. The van der Waals surface area contributed by atoms with E-state index in [4.69, 9.17) is 10.7 Å². The van der Waals surface area contributed by atoms with Crippen LogP contribution in [0.4, 0.5) is 26.9 Å². The van der Waals surface area contributed by atoms with Gasteiger partial charge in [0.2, 0.25) is 0 Å². The third-order valence-electron chi connectivity index (χ3n) is 7.74. The lowest BCUT2D eigenvalue weighted by Gasteiger charge is -2.39. The van der Waals surface area contributed by atoms with E-state index in [1.54, 1.807) is 49.1 Å². The number of nitrogens with one attached hydrogen (secondary N) is 1. The summed E-state index contributed by atoms with van der Waals surface area (Å²) in [6.07, 6.45) is 5.21. The molecule has 5 amide bonds. The Morgan fingerprint density at radius 2 is 1.62 bits per heavy atom. The first-order valence-corrected chi connectivity index (χ1v) is 13.7. The van der Waals surface area contributed by atoms with E-state index in [1.165, 1.54) is 5.56 Å². The predicted molar refractivity (Wildman–Crippen MR) is 155 cm³/mol. The second-order valence-corrected chi connectivity index (χ2v) is 11.0. The number of hydrogen-bond acceptors (Lipinski definition) is 7. The average Bonchev–Trinajstić information content (AvgIpc) is 2.96. The number of aromatic nitrogens is 2. The largest absolute Gasteiger partial charge is 0.364 e. The van der Waals surface area contributed by atoms with Crippen molar-refractivity contribution in [2.75, 3.05) is 71.6 Å². The minimum atomic E-state index is -0.662. The summed E-state index contributed by atoms with van der Waals surface area (Å²) in [5, 5.41) is 3.23. The van der Waals surface area contributed by atoms with Crippen LogP contribution in [-0.2, 0) is 0 Å². The molecule has 0 radical (unpaired) electrons. The zero-order chi connectivity index (χ0) is 29.0. The number of nitrogens with zero attached hydrogens (tertiary/aromatic N) is 7. The molecule has 2 fully saturated rings. The molecule has 3 N–H and O–H groups in total. The molecule has 0 aliphatic carbocycles. The first kappa shape index (κ1) is 28.9. The van der Waals surface area contributed by atoms with E-state index in [9.17, 15) is 14.4 Å². The number of nitrogens with two attached hydrogens (primary N) is 1. The predicted octanol–water partition coefficient (Wildman–Crippen LogP) is 2.76. The van der Waals surface area contributed by atoms with Crippen molar-refractivity contribution in [3.8, 4) is 0 Å². The van der Waals surface area contributed by atoms with Crippen LogP contribution in [-0.4, -0.2) is 115 Å². The molecule has 1 aromatic carbocycles. The Hall–Kier alpha value is -4.09. The smallest absolute Gasteiger partial charge is 0.319 e. The summed E-state index contributed by atoms with van der Waals surface area (Å²) in [6, 6.07) is 8.13. The molecule has 4 rings (SSSR count). The van der Waals surface area contributed by atoms with Crippen LogP contribution in [0.5, 0.6) is 0 Å². The van der Waals surface area contributed by atoms with E-state index in [1.807, 2.05) is 24.1 Å². The van der Waals surface area contributed by atoms with Crippen molar-refractivity contribution in [2.24, 2.45) is 5.73 Å². The van der Waals surface area contributed by atoms with Crippen LogP contribution in [0.25, 0.3) is 0 Å². The summed E-state index contributed by atoms with van der Waals surface area (Å²) in [4.78, 5) is 54.9. The number of carbonyl (C=O) groups is 3. The van der Waals surface area contributed by atoms with Gasteiger partial charge in [0.1, 0.15) is 5.82 Å². The number of carbonyl (C=O) groups excluding carboxylic acids is 3. The number of likely N-dealkylation sites (N-methyl/N-ethyl adjacent to an activating group) is 1. The van der Waals surface area contributed by atoms with E-state index in [-0.39, 0.29) is 23.8 Å². The Labute approximate surface area is 236 Å². The zero-order valence-corrected chi connectivity index (χ0v) is 24.1. The monoisotopic (exact) mass is 551 g/mol. The van der Waals surface area contributed by atoms with Crippen molar-refractivity contribution in [3.05, 3.63) is 41.7 Å². The topological polar surface area (TPSA) is 131 Å². The fourth-order valence-corrected chi connectivity index (χ4v) is 5.41. The summed E-state index contributed by atoms with van der Waals surface area (Å²) in [5.41, 5.74) is 7.67. The van der Waals surface area contributed by atoms with Crippen LogP contribution in [0, 0.1) is 0 Å². The van der Waals surface area contributed by atoms with Gasteiger partial charge in [-0.2, -0.15) is 0 Å². The minimum Gasteiger partial charge on any atom is -0.364 e. The van der Waals surface area contributed by atoms with Crippen LogP contribution in [0.1, 0.15) is 47.7 Å². The van der Waals surface area contributed by atoms with Crippen LogP contribution in [0.2, 0.25) is 0 Å². The van der Waals surface area contributed by atoms with Gasteiger partial charge in [-0.3, -0.25) is 4.79 Å². The highest BCUT2D eigenvalue weighted by Crippen LogP contribution is 2.30. The zero-order valence-electron chi connectivity index (χ0n) is 24.1. The van der Waals surface area contributed by atoms with Gasteiger partial charge in [0.05, 0.1) is 12.2 Å². The van der Waals surface area contributed by atoms with Crippen molar-refractivity contribution in [1.29, 1.82) is 0 Å². The maximum atomic E-state index is 12.5. The molecule has 0 saturated carbocycles. The lowest BCUT2D eigenvalue weighted by atomic mass is 9.89. The van der Waals surface area contributed by atoms with Crippen LogP contribution in [0.3, 0.4) is 0 Å². The van der Waals surface area contributed by atoms with Gasteiger partial charge < -0.3 is 35.6 Å². The molecular weight excluding hydrogens is 510 g/mol. The average molecular weight is 552 g/mol. The molecule has 1 atom stereocenters. The molecule has 2 saturated heterocycles. The molecule has 12 heteroatoms. The number of primary amides is 1. The standard InChI is InChI=1S/C28H41N9O3/c1-33(2)27(39)35(5)22-7-6-14-37(18-22)23-17-30-24(25(29)38)26(32-23)31-21-10-8-19(9-11-21)20-12-15-36(16-13-20)28(40)34(3)4/h8-11,17,20,22H,6-7,12-16,18H2,1-5H3,(H2,29,38)(H,31,32). The summed E-state index contributed by atoms with van der Waals surface area (Å²) in [7, 11) is 8.87. The normalized spacial score (nSPS) is 17.8. The molecule has 12 nitrogen and oxygen atoms in total. The second kappa shape index (κ2) is 12.4. The number of benzene rings is 1. The van der Waals surface area contributed by atoms with Crippen LogP contribution < -0.4 is 16.0 Å². The van der Waals surface area contributed by atoms with Gasteiger partial charge in [0.15, 0.2) is 11.5 Å². The molecule has 3 heterocycles. The van der Waals surface area contributed by atoms with Crippen LogP contribution in [0.15, 0.2) is 30.5 Å². The van der Waals surface area contributed by atoms with Crippen molar-refractivity contribution in [1.82, 2.24) is 29.6 Å². The number of amides is 5. The molecule has 0 spiro atoms. The summed E-state index contributed by atoms with van der Waals surface area (Å²) in [6.45, 7) is 2.87. The highest BCUT2D eigenvalue weighted by molar-refractivity contribution is 5.96. The Balaban J connectivity index is 1.45. The van der Waals surface area contributed by atoms with Gasteiger partial charge in [0, 0.05) is 67.1 Å². The maximum absolute atomic E-state index is 12.5. The summed E-state index contributed by atoms with van der Waals surface area (Å²) < 4.78 is 0. The number of rotatable bonds is 6. The van der Waals surface area contributed by atoms with Gasteiger partial charge in [-0.1, -0.05) is 12.1 Å².